The van der Waals surface area contributed by atoms with Crippen molar-refractivity contribution in [2.24, 2.45) is 0 Å². The first-order valence-electron chi connectivity index (χ1n) is 10.9. The van der Waals surface area contributed by atoms with Gasteiger partial charge in [-0.1, -0.05) is 19.3 Å². The van der Waals surface area contributed by atoms with Gasteiger partial charge in [0.1, 0.15) is 11.6 Å². The summed E-state index contributed by atoms with van der Waals surface area (Å²) in [6.07, 6.45) is 7.09. The van der Waals surface area contributed by atoms with Crippen LogP contribution in [0.1, 0.15) is 65.7 Å². The van der Waals surface area contributed by atoms with Gasteiger partial charge < -0.3 is 14.8 Å². The number of nitrogens with zero attached hydrogens (tertiary/aromatic N) is 2. The lowest BCUT2D eigenvalue weighted by Crippen LogP contribution is -2.60. The van der Waals surface area contributed by atoms with Gasteiger partial charge in [0.2, 0.25) is 5.91 Å². The van der Waals surface area contributed by atoms with E-state index in [1.807, 2.05) is 20.8 Å². The Kier molecular flexibility index (Phi) is 6.86. The fraction of sp³-hybridized carbons (Fsp3) is 0.905. The van der Waals surface area contributed by atoms with Crippen molar-refractivity contribution in [1.29, 1.82) is 0 Å². The molecular weight excluding hydrogens is 358 g/mol. The van der Waals surface area contributed by atoms with E-state index in [2.05, 4.69) is 10.2 Å². The molecule has 1 atom stereocenters. The maximum atomic E-state index is 13.0. The van der Waals surface area contributed by atoms with E-state index in [1.165, 1.54) is 19.3 Å². The molecule has 0 aromatic carbocycles. The topological polar surface area (TPSA) is 71.1 Å². The first-order valence-corrected chi connectivity index (χ1v) is 10.9. The highest BCUT2D eigenvalue weighted by Gasteiger charge is 2.41. The van der Waals surface area contributed by atoms with Crippen LogP contribution < -0.4 is 5.32 Å². The van der Waals surface area contributed by atoms with E-state index in [1.54, 1.807) is 4.90 Å². The zero-order valence-corrected chi connectivity index (χ0v) is 17.8. The van der Waals surface area contributed by atoms with Crippen LogP contribution in [0.15, 0.2) is 0 Å². The molecule has 160 valence electrons. The Labute approximate surface area is 169 Å². The summed E-state index contributed by atoms with van der Waals surface area (Å²) in [5, 5.41) is 3.21. The Morgan fingerprint density at radius 1 is 1.07 bits per heavy atom. The average molecular weight is 396 g/mol. The summed E-state index contributed by atoms with van der Waals surface area (Å²) in [6.45, 7) is 10.2. The van der Waals surface area contributed by atoms with Gasteiger partial charge in [-0.2, -0.15) is 0 Å². The van der Waals surface area contributed by atoms with E-state index in [0.717, 1.165) is 45.6 Å². The number of carbonyl (C=O) groups is 2. The van der Waals surface area contributed by atoms with Crippen LogP contribution in [-0.2, 0) is 14.3 Å². The zero-order chi connectivity index (χ0) is 20.2. The third-order valence-corrected chi connectivity index (χ3v) is 6.24. The Bertz CT molecular complexity index is 548. The number of hydrogen-bond donors (Lipinski definition) is 1. The van der Waals surface area contributed by atoms with Crippen molar-refractivity contribution in [2.75, 3.05) is 39.4 Å². The molecule has 7 nitrogen and oxygen atoms in total. The maximum Gasteiger partial charge on any atom is 0.410 e. The minimum atomic E-state index is -0.552. The van der Waals surface area contributed by atoms with Crippen LogP contribution in [0.4, 0.5) is 4.79 Å². The summed E-state index contributed by atoms with van der Waals surface area (Å²) in [4.78, 5) is 29.6. The summed E-state index contributed by atoms with van der Waals surface area (Å²) in [7, 11) is 0. The number of carbonyl (C=O) groups excluding carboxylic acids is 2. The van der Waals surface area contributed by atoms with Crippen molar-refractivity contribution in [3.8, 4) is 0 Å². The van der Waals surface area contributed by atoms with E-state index in [4.69, 9.17) is 9.47 Å². The van der Waals surface area contributed by atoms with Gasteiger partial charge in [0.05, 0.1) is 13.2 Å². The van der Waals surface area contributed by atoms with Crippen molar-refractivity contribution in [2.45, 2.75) is 82.9 Å². The molecule has 2 aliphatic heterocycles. The maximum absolute atomic E-state index is 13.0. The number of morpholine rings is 1. The fourth-order valence-electron chi connectivity index (χ4n) is 4.80. The third kappa shape index (κ3) is 5.17. The van der Waals surface area contributed by atoms with Gasteiger partial charge in [-0.05, 0) is 46.5 Å². The number of rotatable bonds is 4. The molecule has 1 saturated carbocycles. The lowest BCUT2D eigenvalue weighted by Gasteiger charge is -2.48. The minimum absolute atomic E-state index is 0.0348. The van der Waals surface area contributed by atoms with Gasteiger partial charge in [0.25, 0.3) is 0 Å². The van der Waals surface area contributed by atoms with Crippen LogP contribution in [0.3, 0.4) is 0 Å². The quantitative estimate of drug-likeness (QED) is 0.792. The molecule has 0 spiro atoms. The van der Waals surface area contributed by atoms with Crippen molar-refractivity contribution < 1.29 is 19.1 Å². The van der Waals surface area contributed by atoms with Gasteiger partial charge in [-0.3, -0.25) is 14.6 Å². The van der Waals surface area contributed by atoms with Crippen molar-refractivity contribution in [3.63, 3.8) is 0 Å². The molecule has 2 heterocycles. The molecule has 3 aliphatic rings. The molecule has 7 heteroatoms. The van der Waals surface area contributed by atoms with Crippen LogP contribution in [-0.4, -0.2) is 78.4 Å². The fourth-order valence-corrected chi connectivity index (χ4v) is 4.80. The van der Waals surface area contributed by atoms with Gasteiger partial charge in [0.15, 0.2) is 0 Å². The lowest BCUT2D eigenvalue weighted by molar-refractivity contribution is -0.126. The summed E-state index contributed by atoms with van der Waals surface area (Å²) in [6, 6.07) is -0.417. The van der Waals surface area contributed by atoms with Crippen LogP contribution in [0.25, 0.3) is 0 Å². The normalized spacial score (nSPS) is 26.1. The third-order valence-electron chi connectivity index (χ3n) is 6.24. The van der Waals surface area contributed by atoms with E-state index >= 15 is 0 Å². The van der Waals surface area contributed by atoms with E-state index in [9.17, 15) is 9.59 Å². The number of likely N-dealkylation sites (tertiary alicyclic amines) is 1. The molecule has 1 N–H and O–H groups in total. The molecule has 0 unspecified atom stereocenters. The zero-order valence-electron chi connectivity index (χ0n) is 17.8. The van der Waals surface area contributed by atoms with Crippen LogP contribution in [0, 0.1) is 0 Å². The van der Waals surface area contributed by atoms with Crippen LogP contribution >= 0.6 is 0 Å². The molecule has 28 heavy (non-hydrogen) atoms. The molecule has 2 saturated heterocycles. The molecule has 0 radical (unpaired) electrons. The molecule has 1 aliphatic carbocycles. The number of amides is 2. The van der Waals surface area contributed by atoms with Crippen molar-refractivity contribution in [1.82, 2.24) is 15.1 Å². The number of nitrogens with one attached hydrogen (secondary N) is 1. The summed E-state index contributed by atoms with van der Waals surface area (Å²) in [5.74, 6) is -0.0402. The van der Waals surface area contributed by atoms with Crippen LogP contribution in [0.5, 0.6) is 0 Å². The predicted molar refractivity (Wildman–Crippen MR) is 107 cm³/mol. The largest absolute Gasteiger partial charge is 0.444 e. The van der Waals surface area contributed by atoms with E-state index in [0.29, 0.717) is 19.5 Å². The minimum Gasteiger partial charge on any atom is -0.444 e. The van der Waals surface area contributed by atoms with Crippen LogP contribution in [0.2, 0.25) is 0 Å². The summed E-state index contributed by atoms with van der Waals surface area (Å²) < 4.78 is 11.0. The molecule has 0 aromatic heterocycles. The average Bonchev–Trinajstić information content (AvgIpc) is 3.16. The SMILES string of the molecule is CC(C)(C)OC(=O)N1CCC[C@H]1C(=O)NCC1(N2CCOCC2)CCCCC1. The first-order chi connectivity index (χ1) is 13.3. The lowest BCUT2D eigenvalue weighted by atomic mass is 9.79. The van der Waals surface area contributed by atoms with E-state index in [-0.39, 0.29) is 17.5 Å². The van der Waals surface area contributed by atoms with Gasteiger partial charge in [-0.15, -0.1) is 0 Å². The van der Waals surface area contributed by atoms with Gasteiger partial charge in [0, 0.05) is 31.7 Å². The number of hydrogen-bond acceptors (Lipinski definition) is 5. The summed E-state index contributed by atoms with van der Waals surface area (Å²) in [5.41, 5.74) is -0.518. The Hall–Kier alpha value is -1.34. The highest BCUT2D eigenvalue weighted by atomic mass is 16.6. The molecule has 0 bridgehead atoms. The molecule has 2 amide bonds. The van der Waals surface area contributed by atoms with Crippen molar-refractivity contribution in [3.05, 3.63) is 0 Å². The molecular formula is C21H37N3O4. The standard InChI is InChI=1S/C21H37N3O4/c1-20(2,3)28-19(26)24-11-7-8-17(24)18(25)22-16-21(9-5-4-6-10-21)23-12-14-27-15-13-23/h17H,4-16H2,1-3H3,(H,22,25)/t17-/m0/s1. The monoisotopic (exact) mass is 395 g/mol. The predicted octanol–water partition coefficient (Wildman–Crippen LogP) is 2.54. The Morgan fingerprint density at radius 2 is 1.75 bits per heavy atom. The molecule has 0 aromatic rings. The second-order valence-electron chi connectivity index (χ2n) is 9.43. The highest BCUT2D eigenvalue weighted by Crippen LogP contribution is 2.34. The first kappa shape index (κ1) is 21.4. The second-order valence-corrected chi connectivity index (χ2v) is 9.43. The highest BCUT2D eigenvalue weighted by molar-refractivity contribution is 5.86. The van der Waals surface area contributed by atoms with Gasteiger partial charge in [-0.25, -0.2) is 4.79 Å². The Balaban J connectivity index is 1.61. The van der Waals surface area contributed by atoms with E-state index < -0.39 is 11.6 Å². The second kappa shape index (κ2) is 8.99. The number of ether oxygens (including phenoxy) is 2. The van der Waals surface area contributed by atoms with Crippen molar-refractivity contribution >= 4 is 12.0 Å². The smallest absolute Gasteiger partial charge is 0.410 e. The Morgan fingerprint density at radius 3 is 2.39 bits per heavy atom. The van der Waals surface area contributed by atoms with Gasteiger partial charge >= 0.3 is 6.09 Å². The molecule has 3 fully saturated rings. The molecule has 3 rings (SSSR count). The summed E-state index contributed by atoms with van der Waals surface area (Å²) >= 11 is 0.